The van der Waals surface area contributed by atoms with E-state index >= 15 is 0 Å². The lowest BCUT2D eigenvalue weighted by Gasteiger charge is -2.17. The van der Waals surface area contributed by atoms with Crippen LogP contribution in [0.3, 0.4) is 0 Å². The minimum Gasteiger partial charge on any atom is -0.0381 e. The molecule has 0 aromatic rings. The second-order valence-corrected chi connectivity index (χ2v) is 2.94. The molecule has 0 radical (unpaired) electrons. The fourth-order valence-corrected chi connectivity index (χ4v) is 1.44. The standard InChI is InChI=1S/C9H11/c1-7-2-3-8-4-5-9(8)6-7/h2-3,6-7H,4-5H2,1H3/q+1/t7-/m1/s1. The molecule has 0 fully saturated rings. The van der Waals surface area contributed by atoms with Crippen molar-refractivity contribution in [1.82, 2.24) is 0 Å². The SMILES string of the molecule is C[C@@H]1C=CC2=C([CH+]1)CC2. The average molecular weight is 119 g/mol. The van der Waals surface area contributed by atoms with Gasteiger partial charge < -0.3 is 0 Å². The first-order valence-corrected chi connectivity index (χ1v) is 3.61. The maximum atomic E-state index is 2.37. The fourth-order valence-electron chi connectivity index (χ4n) is 1.44. The smallest absolute Gasteiger partial charge is 0.0381 e. The van der Waals surface area contributed by atoms with Gasteiger partial charge in [0.15, 0.2) is 0 Å². The van der Waals surface area contributed by atoms with Crippen LogP contribution in [-0.4, -0.2) is 0 Å². The molecule has 2 rings (SSSR count). The lowest BCUT2D eigenvalue weighted by molar-refractivity contribution is 0.737. The van der Waals surface area contributed by atoms with E-state index in [1.165, 1.54) is 12.8 Å². The maximum absolute atomic E-state index is 2.37. The third kappa shape index (κ3) is 0.699. The van der Waals surface area contributed by atoms with E-state index < -0.39 is 0 Å². The van der Waals surface area contributed by atoms with E-state index in [9.17, 15) is 0 Å². The van der Waals surface area contributed by atoms with Crippen molar-refractivity contribution < 1.29 is 0 Å². The summed E-state index contributed by atoms with van der Waals surface area (Å²) in [5.74, 6) is 0.684. The van der Waals surface area contributed by atoms with Crippen molar-refractivity contribution in [1.29, 1.82) is 0 Å². The highest BCUT2D eigenvalue weighted by atomic mass is 14.2. The van der Waals surface area contributed by atoms with Crippen molar-refractivity contribution in [3.63, 3.8) is 0 Å². The van der Waals surface area contributed by atoms with Gasteiger partial charge in [-0.1, -0.05) is 0 Å². The number of hydrogen-bond acceptors (Lipinski definition) is 0. The van der Waals surface area contributed by atoms with Crippen LogP contribution in [0.2, 0.25) is 0 Å². The molecule has 46 valence electrons. The van der Waals surface area contributed by atoms with Crippen LogP contribution < -0.4 is 0 Å². The molecule has 0 nitrogen and oxygen atoms in total. The minimum atomic E-state index is 0.684. The molecule has 9 heavy (non-hydrogen) atoms. The number of allylic oxidation sites excluding steroid dienone is 4. The Kier molecular flexibility index (Phi) is 0.953. The number of hydrogen-bond donors (Lipinski definition) is 0. The van der Waals surface area contributed by atoms with Gasteiger partial charge in [0.1, 0.15) is 5.57 Å². The van der Waals surface area contributed by atoms with Crippen LogP contribution in [0.1, 0.15) is 19.8 Å². The van der Waals surface area contributed by atoms with Crippen molar-refractivity contribution in [3.05, 3.63) is 29.7 Å². The maximum Gasteiger partial charge on any atom is 0.112 e. The summed E-state index contributed by atoms with van der Waals surface area (Å²) < 4.78 is 0. The molecular formula is C9H11+. The molecule has 0 saturated carbocycles. The summed E-state index contributed by atoms with van der Waals surface area (Å²) in [5, 5.41) is 0. The first kappa shape index (κ1) is 5.16. The van der Waals surface area contributed by atoms with Gasteiger partial charge in [0.05, 0.1) is 17.9 Å². The molecule has 0 heterocycles. The van der Waals surface area contributed by atoms with Gasteiger partial charge in [-0.3, -0.25) is 0 Å². The van der Waals surface area contributed by atoms with E-state index in [1.54, 1.807) is 11.1 Å². The predicted molar refractivity (Wildman–Crippen MR) is 38.9 cm³/mol. The van der Waals surface area contributed by atoms with Crippen LogP contribution in [0.5, 0.6) is 0 Å². The Labute approximate surface area is 56.3 Å². The van der Waals surface area contributed by atoms with Crippen LogP contribution in [0, 0.1) is 12.3 Å². The zero-order valence-electron chi connectivity index (χ0n) is 5.72. The fraction of sp³-hybridized carbons (Fsp3) is 0.444. The van der Waals surface area contributed by atoms with Crippen molar-refractivity contribution in [3.8, 4) is 0 Å². The monoisotopic (exact) mass is 119 g/mol. The molecule has 0 aliphatic heterocycles. The summed E-state index contributed by atoms with van der Waals surface area (Å²) in [6.07, 6.45) is 9.57. The molecule has 1 atom stereocenters. The van der Waals surface area contributed by atoms with Gasteiger partial charge in [0.25, 0.3) is 0 Å². The topological polar surface area (TPSA) is 0 Å². The minimum absolute atomic E-state index is 0.684. The first-order valence-electron chi connectivity index (χ1n) is 3.61. The Balaban J connectivity index is 2.23. The molecular weight excluding hydrogens is 108 g/mol. The van der Waals surface area contributed by atoms with Crippen LogP contribution in [0.15, 0.2) is 23.3 Å². The quantitative estimate of drug-likeness (QED) is 0.430. The van der Waals surface area contributed by atoms with E-state index in [0.717, 1.165) is 0 Å². The Morgan fingerprint density at radius 2 is 2.44 bits per heavy atom. The normalized spacial score (nSPS) is 31.0. The molecule has 0 unspecified atom stereocenters. The highest BCUT2D eigenvalue weighted by molar-refractivity contribution is 5.43. The first-order chi connectivity index (χ1) is 4.36. The van der Waals surface area contributed by atoms with Crippen molar-refractivity contribution in [2.24, 2.45) is 5.92 Å². The van der Waals surface area contributed by atoms with E-state index in [4.69, 9.17) is 0 Å². The highest BCUT2D eigenvalue weighted by Crippen LogP contribution is 2.36. The van der Waals surface area contributed by atoms with Crippen LogP contribution in [-0.2, 0) is 0 Å². The molecule has 2 aliphatic carbocycles. The van der Waals surface area contributed by atoms with Gasteiger partial charge in [0.2, 0.25) is 0 Å². The largest absolute Gasteiger partial charge is 0.112 e. The van der Waals surface area contributed by atoms with Crippen LogP contribution in [0.25, 0.3) is 0 Å². The van der Waals surface area contributed by atoms with E-state index in [0.29, 0.717) is 5.92 Å². The molecule has 0 aromatic carbocycles. The van der Waals surface area contributed by atoms with Gasteiger partial charge >= 0.3 is 0 Å². The molecule has 0 bridgehead atoms. The summed E-state index contributed by atoms with van der Waals surface area (Å²) in [6, 6.07) is 0. The lowest BCUT2D eigenvalue weighted by Crippen LogP contribution is -2.10. The predicted octanol–water partition coefficient (Wildman–Crippen LogP) is 2.49. The molecule has 0 amide bonds. The van der Waals surface area contributed by atoms with Gasteiger partial charge in [-0.05, 0) is 13.0 Å². The lowest BCUT2D eigenvalue weighted by atomic mass is 9.79. The molecule has 0 aromatic heterocycles. The van der Waals surface area contributed by atoms with Crippen molar-refractivity contribution >= 4 is 0 Å². The van der Waals surface area contributed by atoms with Gasteiger partial charge in [0, 0.05) is 18.9 Å². The number of rotatable bonds is 0. The van der Waals surface area contributed by atoms with Gasteiger partial charge in [-0.2, -0.15) is 0 Å². The summed E-state index contributed by atoms with van der Waals surface area (Å²) in [5.41, 5.74) is 3.18. The second kappa shape index (κ2) is 1.66. The van der Waals surface area contributed by atoms with E-state index in [-0.39, 0.29) is 0 Å². The summed E-state index contributed by atoms with van der Waals surface area (Å²) in [7, 11) is 0. The summed E-state index contributed by atoms with van der Waals surface area (Å²) >= 11 is 0. The Bertz CT molecular complexity index is 184. The van der Waals surface area contributed by atoms with Crippen molar-refractivity contribution in [2.45, 2.75) is 19.8 Å². The van der Waals surface area contributed by atoms with Gasteiger partial charge in [-0.15, -0.1) is 0 Å². The summed E-state index contributed by atoms with van der Waals surface area (Å²) in [4.78, 5) is 0. The zero-order chi connectivity index (χ0) is 6.27. The highest BCUT2D eigenvalue weighted by Gasteiger charge is 2.29. The Morgan fingerprint density at radius 1 is 1.56 bits per heavy atom. The molecule has 0 N–H and O–H groups in total. The van der Waals surface area contributed by atoms with E-state index in [2.05, 4.69) is 25.5 Å². The molecule has 0 heteroatoms. The average Bonchev–Trinajstić information content (AvgIpc) is 1.78. The Morgan fingerprint density at radius 3 is 2.89 bits per heavy atom. The third-order valence-corrected chi connectivity index (χ3v) is 2.14. The molecule has 0 saturated heterocycles. The zero-order valence-corrected chi connectivity index (χ0v) is 5.72. The van der Waals surface area contributed by atoms with E-state index in [1.807, 2.05) is 0 Å². The van der Waals surface area contributed by atoms with Crippen LogP contribution in [0.4, 0.5) is 0 Å². The third-order valence-electron chi connectivity index (χ3n) is 2.14. The van der Waals surface area contributed by atoms with Gasteiger partial charge in [-0.25, -0.2) is 0 Å². The van der Waals surface area contributed by atoms with Crippen LogP contribution >= 0.6 is 0 Å². The second-order valence-electron chi connectivity index (χ2n) is 2.94. The molecule has 0 spiro atoms. The molecule has 2 aliphatic rings. The summed E-state index contributed by atoms with van der Waals surface area (Å²) in [6.45, 7) is 2.23. The Hall–Kier alpha value is -0.650. The van der Waals surface area contributed by atoms with Crippen molar-refractivity contribution in [2.75, 3.05) is 0 Å².